The molecule has 116 valence electrons. The number of rotatable bonds is 7. The van der Waals surface area contributed by atoms with E-state index in [4.69, 9.17) is 0 Å². The zero-order valence-corrected chi connectivity index (χ0v) is 13.2. The molecule has 1 aromatic carbocycles. The summed E-state index contributed by atoms with van der Waals surface area (Å²) < 4.78 is 0. The lowest BCUT2D eigenvalue weighted by molar-refractivity contribution is 0.0938. The molecule has 2 rings (SSSR count). The van der Waals surface area contributed by atoms with Crippen LogP contribution >= 0.6 is 0 Å². The van der Waals surface area contributed by atoms with Crippen molar-refractivity contribution in [3.63, 3.8) is 0 Å². The van der Waals surface area contributed by atoms with Gasteiger partial charge in [-0.2, -0.15) is 0 Å². The topological polar surface area (TPSA) is 54.0 Å². The van der Waals surface area contributed by atoms with Crippen molar-refractivity contribution in [3.8, 4) is 0 Å². The van der Waals surface area contributed by atoms with Gasteiger partial charge in [0.1, 0.15) is 5.69 Å². The first kappa shape index (κ1) is 16.0. The number of amides is 1. The molecule has 4 nitrogen and oxygen atoms in total. The van der Waals surface area contributed by atoms with Crippen LogP contribution in [0.25, 0.3) is 0 Å². The molecule has 2 aromatic rings. The Labute approximate surface area is 132 Å². The predicted molar refractivity (Wildman–Crippen MR) is 90.1 cm³/mol. The monoisotopic (exact) mass is 297 g/mol. The number of nitrogens with one attached hydrogen (secondary N) is 2. The molecular formula is C18H23N3O. The zero-order chi connectivity index (χ0) is 15.8. The molecule has 0 unspecified atom stereocenters. The Balaban J connectivity index is 1.82. The summed E-state index contributed by atoms with van der Waals surface area (Å²) in [5, 5.41) is 6.19. The van der Waals surface area contributed by atoms with Crippen LogP contribution in [-0.2, 0) is 6.42 Å². The summed E-state index contributed by atoms with van der Waals surface area (Å²) in [7, 11) is 0. The first-order valence-corrected chi connectivity index (χ1v) is 7.70. The average molecular weight is 297 g/mol. The van der Waals surface area contributed by atoms with E-state index in [1.165, 1.54) is 5.56 Å². The maximum Gasteiger partial charge on any atom is 0.270 e. The van der Waals surface area contributed by atoms with Gasteiger partial charge >= 0.3 is 0 Å². The van der Waals surface area contributed by atoms with Gasteiger partial charge in [0.25, 0.3) is 5.91 Å². The average Bonchev–Trinajstić information content (AvgIpc) is 2.52. The predicted octanol–water partition coefficient (Wildman–Crippen LogP) is 3.26. The lowest BCUT2D eigenvalue weighted by Crippen LogP contribution is -2.30. The highest BCUT2D eigenvalue weighted by Gasteiger charge is 2.08. The molecule has 0 atom stereocenters. The van der Waals surface area contributed by atoms with Crippen molar-refractivity contribution in [1.29, 1.82) is 0 Å². The molecule has 0 radical (unpaired) electrons. The highest BCUT2D eigenvalue weighted by molar-refractivity contribution is 5.93. The summed E-state index contributed by atoms with van der Waals surface area (Å²) in [5.41, 5.74) is 2.72. The van der Waals surface area contributed by atoms with Crippen LogP contribution < -0.4 is 10.6 Å². The van der Waals surface area contributed by atoms with E-state index in [1.807, 2.05) is 26.0 Å². The second kappa shape index (κ2) is 8.17. The minimum absolute atomic E-state index is 0.108. The third kappa shape index (κ3) is 5.20. The van der Waals surface area contributed by atoms with Crippen LogP contribution in [0, 0.1) is 0 Å². The minimum Gasteiger partial charge on any atom is -0.385 e. The SMILES string of the molecule is CC(C)NC(=O)c1cc(NCCCc2ccccc2)ccn1. The van der Waals surface area contributed by atoms with Gasteiger partial charge in [0, 0.05) is 24.5 Å². The summed E-state index contributed by atoms with van der Waals surface area (Å²) in [6.07, 6.45) is 3.74. The van der Waals surface area contributed by atoms with Gasteiger partial charge < -0.3 is 10.6 Å². The van der Waals surface area contributed by atoms with Gasteiger partial charge in [-0.3, -0.25) is 9.78 Å². The fraction of sp³-hybridized carbons (Fsp3) is 0.333. The largest absolute Gasteiger partial charge is 0.385 e. The fourth-order valence-corrected chi connectivity index (χ4v) is 2.17. The number of carbonyl (C=O) groups is 1. The molecule has 0 saturated heterocycles. The van der Waals surface area contributed by atoms with Crippen molar-refractivity contribution in [2.75, 3.05) is 11.9 Å². The van der Waals surface area contributed by atoms with Crippen molar-refractivity contribution >= 4 is 11.6 Å². The number of hydrogen-bond acceptors (Lipinski definition) is 3. The van der Waals surface area contributed by atoms with Crippen molar-refractivity contribution in [3.05, 3.63) is 59.9 Å². The third-order valence-electron chi connectivity index (χ3n) is 3.23. The molecule has 4 heteroatoms. The van der Waals surface area contributed by atoms with E-state index in [-0.39, 0.29) is 11.9 Å². The number of benzene rings is 1. The Morgan fingerprint density at radius 1 is 1.18 bits per heavy atom. The van der Waals surface area contributed by atoms with Crippen LogP contribution in [0.15, 0.2) is 48.7 Å². The number of nitrogens with zero attached hydrogens (tertiary/aromatic N) is 1. The van der Waals surface area contributed by atoms with E-state index in [2.05, 4.69) is 39.9 Å². The number of aryl methyl sites for hydroxylation is 1. The number of hydrogen-bond donors (Lipinski definition) is 2. The summed E-state index contributed by atoms with van der Waals surface area (Å²) in [5.74, 6) is -0.136. The number of pyridine rings is 1. The normalized spacial score (nSPS) is 10.5. The molecule has 0 fully saturated rings. The maximum atomic E-state index is 11.9. The van der Waals surface area contributed by atoms with E-state index < -0.39 is 0 Å². The van der Waals surface area contributed by atoms with Crippen LogP contribution in [0.2, 0.25) is 0 Å². The first-order chi connectivity index (χ1) is 10.6. The van der Waals surface area contributed by atoms with Crippen molar-refractivity contribution < 1.29 is 4.79 Å². The Bertz CT molecular complexity index is 596. The second-order valence-electron chi connectivity index (χ2n) is 5.57. The van der Waals surface area contributed by atoms with Gasteiger partial charge in [0.05, 0.1) is 0 Å². The van der Waals surface area contributed by atoms with Gasteiger partial charge in [0.2, 0.25) is 0 Å². The molecule has 0 bridgehead atoms. The number of anilines is 1. The van der Waals surface area contributed by atoms with Gasteiger partial charge in [-0.05, 0) is 44.4 Å². The number of aromatic nitrogens is 1. The number of carbonyl (C=O) groups excluding carboxylic acids is 1. The minimum atomic E-state index is -0.136. The van der Waals surface area contributed by atoms with Crippen LogP contribution in [-0.4, -0.2) is 23.5 Å². The summed E-state index contributed by atoms with van der Waals surface area (Å²) in [6, 6.07) is 14.2. The molecule has 0 aliphatic rings. The molecule has 2 N–H and O–H groups in total. The lowest BCUT2D eigenvalue weighted by Gasteiger charge is -2.10. The van der Waals surface area contributed by atoms with Crippen molar-refractivity contribution in [1.82, 2.24) is 10.3 Å². The lowest BCUT2D eigenvalue weighted by atomic mass is 10.1. The van der Waals surface area contributed by atoms with Crippen molar-refractivity contribution in [2.45, 2.75) is 32.7 Å². The highest BCUT2D eigenvalue weighted by Crippen LogP contribution is 2.09. The standard InChI is InChI=1S/C18H23N3O/c1-14(2)21-18(22)17-13-16(10-12-20-17)19-11-6-9-15-7-4-3-5-8-15/h3-5,7-8,10,12-14H,6,9,11H2,1-2H3,(H,19,20)(H,21,22). The molecule has 0 aliphatic heterocycles. The van der Waals surface area contributed by atoms with Gasteiger partial charge in [-0.25, -0.2) is 0 Å². The molecule has 1 aromatic heterocycles. The molecule has 0 saturated carbocycles. The summed E-state index contributed by atoms with van der Waals surface area (Å²) in [6.45, 7) is 4.73. The fourth-order valence-electron chi connectivity index (χ4n) is 2.17. The molecule has 1 amide bonds. The smallest absolute Gasteiger partial charge is 0.270 e. The van der Waals surface area contributed by atoms with Crippen LogP contribution in [0.4, 0.5) is 5.69 Å². The van der Waals surface area contributed by atoms with E-state index in [0.717, 1.165) is 25.1 Å². The van der Waals surface area contributed by atoms with E-state index >= 15 is 0 Å². The van der Waals surface area contributed by atoms with E-state index in [1.54, 1.807) is 12.3 Å². The van der Waals surface area contributed by atoms with Gasteiger partial charge in [0.15, 0.2) is 0 Å². The van der Waals surface area contributed by atoms with E-state index in [0.29, 0.717) is 5.69 Å². The summed E-state index contributed by atoms with van der Waals surface area (Å²) >= 11 is 0. The second-order valence-corrected chi connectivity index (χ2v) is 5.57. The Hall–Kier alpha value is -2.36. The summed E-state index contributed by atoms with van der Waals surface area (Å²) in [4.78, 5) is 16.0. The zero-order valence-electron chi connectivity index (χ0n) is 13.2. The molecule has 22 heavy (non-hydrogen) atoms. The molecule has 0 spiro atoms. The Morgan fingerprint density at radius 2 is 1.95 bits per heavy atom. The highest BCUT2D eigenvalue weighted by atomic mass is 16.1. The Kier molecular flexibility index (Phi) is 5.95. The third-order valence-corrected chi connectivity index (χ3v) is 3.23. The Morgan fingerprint density at radius 3 is 2.68 bits per heavy atom. The quantitative estimate of drug-likeness (QED) is 0.771. The first-order valence-electron chi connectivity index (χ1n) is 7.70. The van der Waals surface area contributed by atoms with Crippen LogP contribution in [0.5, 0.6) is 0 Å². The van der Waals surface area contributed by atoms with Gasteiger partial charge in [-0.1, -0.05) is 30.3 Å². The van der Waals surface area contributed by atoms with Crippen LogP contribution in [0.1, 0.15) is 36.3 Å². The maximum absolute atomic E-state index is 11.9. The van der Waals surface area contributed by atoms with Crippen LogP contribution in [0.3, 0.4) is 0 Å². The molecule has 1 heterocycles. The molecular weight excluding hydrogens is 274 g/mol. The van der Waals surface area contributed by atoms with E-state index in [9.17, 15) is 4.79 Å². The van der Waals surface area contributed by atoms with Gasteiger partial charge in [-0.15, -0.1) is 0 Å². The molecule has 0 aliphatic carbocycles. The van der Waals surface area contributed by atoms with Crippen molar-refractivity contribution in [2.24, 2.45) is 0 Å².